The van der Waals surface area contributed by atoms with Crippen LogP contribution in [-0.4, -0.2) is 43.5 Å². The van der Waals surface area contributed by atoms with Crippen LogP contribution in [0.15, 0.2) is 24.3 Å². The highest BCUT2D eigenvalue weighted by atomic mass is 16.5. The lowest BCUT2D eigenvalue weighted by atomic mass is 10.1. The van der Waals surface area contributed by atoms with Gasteiger partial charge in [0.05, 0.1) is 13.7 Å². The van der Waals surface area contributed by atoms with Crippen LogP contribution in [0.3, 0.4) is 0 Å². The maximum atomic E-state index is 12.4. The summed E-state index contributed by atoms with van der Waals surface area (Å²) >= 11 is 0. The number of ether oxygens (including phenoxy) is 1. The van der Waals surface area contributed by atoms with Crippen molar-refractivity contribution < 1.29 is 14.3 Å². The zero-order valence-electron chi connectivity index (χ0n) is 13.0. The van der Waals surface area contributed by atoms with Gasteiger partial charge in [-0.1, -0.05) is 12.1 Å². The van der Waals surface area contributed by atoms with Gasteiger partial charge in [-0.3, -0.25) is 9.59 Å². The van der Waals surface area contributed by atoms with Crippen molar-refractivity contribution in [3.63, 3.8) is 0 Å². The van der Waals surface area contributed by atoms with E-state index in [0.29, 0.717) is 6.04 Å². The Hall–Kier alpha value is -2.04. The van der Waals surface area contributed by atoms with Gasteiger partial charge in [0.2, 0.25) is 11.8 Å². The Morgan fingerprint density at radius 1 is 1.36 bits per heavy atom. The molecule has 5 heteroatoms. The number of methoxy groups -OCH3 is 1. The van der Waals surface area contributed by atoms with Crippen LogP contribution in [0.25, 0.3) is 0 Å². The highest BCUT2D eigenvalue weighted by Crippen LogP contribution is 2.48. The minimum atomic E-state index is -0.0584. The molecule has 0 aliphatic heterocycles. The van der Waals surface area contributed by atoms with Crippen LogP contribution < -0.4 is 10.1 Å². The zero-order valence-corrected chi connectivity index (χ0v) is 13.0. The Morgan fingerprint density at radius 3 is 2.82 bits per heavy atom. The summed E-state index contributed by atoms with van der Waals surface area (Å²) < 4.78 is 5.22. The Bertz CT molecular complexity index is 583. The lowest BCUT2D eigenvalue weighted by Crippen LogP contribution is -2.39. The van der Waals surface area contributed by atoms with Gasteiger partial charge in [0.1, 0.15) is 5.75 Å². The third-order valence-electron chi connectivity index (χ3n) is 4.33. The van der Waals surface area contributed by atoms with Crippen molar-refractivity contribution in [2.45, 2.75) is 31.2 Å². The van der Waals surface area contributed by atoms with Crippen molar-refractivity contribution in [3.05, 3.63) is 29.8 Å². The first-order valence-electron chi connectivity index (χ1n) is 7.76. The summed E-state index contributed by atoms with van der Waals surface area (Å²) in [5.74, 6) is 1.05. The molecular formula is C17H22N2O3. The van der Waals surface area contributed by atoms with Crippen LogP contribution in [0.4, 0.5) is 0 Å². The molecule has 3 rings (SSSR count). The lowest BCUT2D eigenvalue weighted by molar-refractivity contribution is -0.135. The first-order valence-corrected chi connectivity index (χ1v) is 7.76. The molecule has 0 spiro atoms. The van der Waals surface area contributed by atoms with Crippen LogP contribution in [0.1, 0.15) is 30.7 Å². The largest absolute Gasteiger partial charge is 0.497 e. The second kappa shape index (κ2) is 5.99. The summed E-state index contributed by atoms with van der Waals surface area (Å²) in [6.45, 7) is 0.149. The maximum Gasteiger partial charge on any atom is 0.239 e. The number of benzene rings is 1. The van der Waals surface area contributed by atoms with Gasteiger partial charge in [-0.2, -0.15) is 0 Å². The quantitative estimate of drug-likeness (QED) is 0.867. The first kappa shape index (κ1) is 14.9. The molecule has 1 aromatic carbocycles. The van der Waals surface area contributed by atoms with Crippen LogP contribution in [0.2, 0.25) is 0 Å². The second-order valence-electron chi connectivity index (χ2n) is 6.26. The molecule has 2 saturated carbocycles. The summed E-state index contributed by atoms with van der Waals surface area (Å²) in [5.41, 5.74) is 1.13. The number of amides is 2. The third kappa shape index (κ3) is 3.40. The Labute approximate surface area is 130 Å². The average Bonchev–Trinajstić information content (AvgIpc) is 3.40. The van der Waals surface area contributed by atoms with Crippen LogP contribution >= 0.6 is 0 Å². The molecule has 2 aliphatic carbocycles. The standard InChI is InChI=1S/C17H22N2O3/c1-19(10-16(20)18-12-6-7-12)17(21)15-9-14(15)11-4-3-5-13(8-11)22-2/h3-5,8,12,14-15H,6-7,9-10H2,1-2H3,(H,18,20)/t14-,15+/m0/s1. The molecule has 2 amide bonds. The summed E-state index contributed by atoms with van der Waals surface area (Å²) in [6.07, 6.45) is 2.97. The molecule has 0 heterocycles. The summed E-state index contributed by atoms with van der Waals surface area (Å²) in [7, 11) is 3.34. The number of carbonyl (C=O) groups is 2. The molecule has 0 bridgehead atoms. The number of hydrogen-bond acceptors (Lipinski definition) is 3. The van der Waals surface area contributed by atoms with E-state index in [2.05, 4.69) is 5.32 Å². The van der Waals surface area contributed by atoms with E-state index < -0.39 is 0 Å². The molecule has 2 aliphatic rings. The van der Waals surface area contributed by atoms with Gasteiger partial charge in [-0.05, 0) is 42.9 Å². The number of nitrogens with zero attached hydrogens (tertiary/aromatic N) is 1. The fourth-order valence-electron chi connectivity index (χ4n) is 2.79. The summed E-state index contributed by atoms with van der Waals surface area (Å²) in [4.78, 5) is 25.7. The average molecular weight is 302 g/mol. The molecule has 2 fully saturated rings. The minimum absolute atomic E-state index is 0.00849. The van der Waals surface area contributed by atoms with Gasteiger partial charge >= 0.3 is 0 Å². The van der Waals surface area contributed by atoms with Crippen LogP contribution in [-0.2, 0) is 9.59 Å². The number of rotatable bonds is 6. The molecule has 0 radical (unpaired) electrons. The smallest absolute Gasteiger partial charge is 0.239 e. The van der Waals surface area contributed by atoms with E-state index in [1.807, 2.05) is 24.3 Å². The molecule has 5 nitrogen and oxygen atoms in total. The van der Waals surface area contributed by atoms with Crippen molar-refractivity contribution in [2.75, 3.05) is 20.7 Å². The first-order chi connectivity index (χ1) is 10.6. The minimum Gasteiger partial charge on any atom is -0.497 e. The van der Waals surface area contributed by atoms with E-state index in [4.69, 9.17) is 4.74 Å². The fraction of sp³-hybridized carbons (Fsp3) is 0.529. The predicted octanol–water partition coefficient (Wildman–Crippen LogP) is 1.54. The third-order valence-corrected chi connectivity index (χ3v) is 4.33. The molecule has 0 aromatic heterocycles. The van der Waals surface area contributed by atoms with Gasteiger partial charge in [-0.25, -0.2) is 0 Å². The fourth-order valence-corrected chi connectivity index (χ4v) is 2.79. The Balaban J connectivity index is 1.53. The molecule has 2 atom stereocenters. The SMILES string of the molecule is COc1cccc([C@@H]2C[C@H]2C(=O)N(C)CC(=O)NC2CC2)c1. The summed E-state index contributed by atoms with van der Waals surface area (Å²) in [5, 5.41) is 2.91. The van der Waals surface area contributed by atoms with Gasteiger partial charge in [0.25, 0.3) is 0 Å². The molecule has 118 valence electrons. The van der Waals surface area contributed by atoms with Crippen molar-refractivity contribution in [3.8, 4) is 5.75 Å². The topological polar surface area (TPSA) is 58.6 Å². The van der Waals surface area contributed by atoms with E-state index in [1.165, 1.54) is 0 Å². The van der Waals surface area contributed by atoms with E-state index in [9.17, 15) is 9.59 Å². The van der Waals surface area contributed by atoms with E-state index >= 15 is 0 Å². The monoisotopic (exact) mass is 302 g/mol. The molecule has 1 aromatic rings. The molecule has 1 N–H and O–H groups in total. The Morgan fingerprint density at radius 2 is 2.14 bits per heavy atom. The van der Waals surface area contributed by atoms with Crippen molar-refractivity contribution in [1.82, 2.24) is 10.2 Å². The number of carbonyl (C=O) groups excluding carboxylic acids is 2. The number of likely N-dealkylation sites (N-methyl/N-ethyl adjacent to an activating group) is 1. The van der Waals surface area contributed by atoms with E-state index in [0.717, 1.165) is 30.6 Å². The van der Waals surface area contributed by atoms with Crippen molar-refractivity contribution in [2.24, 2.45) is 5.92 Å². The van der Waals surface area contributed by atoms with Crippen molar-refractivity contribution >= 4 is 11.8 Å². The summed E-state index contributed by atoms with van der Waals surface area (Å²) in [6, 6.07) is 8.19. The highest BCUT2D eigenvalue weighted by Gasteiger charge is 2.45. The molecule has 0 unspecified atom stereocenters. The van der Waals surface area contributed by atoms with Gasteiger partial charge in [0.15, 0.2) is 0 Å². The van der Waals surface area contributed by atoms with E-state index in [-0.39, 0.29) is 30.2 Å². The molecule has 0 saturated heterocycles. The van der Waals surface area contributed by atoms with E-state index in [1.54, 1.807) is 19.1 Å². The predicted molar refractivity (Wildman–Crippen MR) is 82.6 cm³/mol. The van der Waals surface area contributed by atoms with Crippen LogP contribution in [0.5, 0.6) is 5.75 Å². The second-order valence-corrected chi connectivity index (χ2v) is 6.26. The van der Waals surface area contributed by atoms with Gasteiger partial charge in [0, 0.05) is 19.0 Å². The van der Waals surface area contributed by atoms with Crippen molar-refractivity contribution in [1.29, 1.82) is 0 Å². The number of nitrogens with one attached hydrogen (secondary N) is 1. The number of hydrogen-bond donors (Lipinski definition) is 1. The van der Waals surface area contributed by atoms with Gasteiger partial charge < -0.3 is 15.0 Å². The van der Waals surface area contributed by atoms with Gasteiger partial charge in [-0.15, -0.1) is 0 Å². The Kier molecular flexibility index (Phi) is 4.05. The van der Waals surface area contributed by atoms with Crippen LogP contribution in [0, 0.1) is 5.92 Å². The molecular weight excluding hydrogens is 280 g/mol. The maximum absolute atomic E-state index is 12.4. The molecule has 22 heavy (non-hydrogen) atoms. The lowest BCUT2D eigenvalue weighted by Gasteiger charge is -2.17. The highest BCUT2D eigenvalue weighted by molar-refractivity contribution is 5.88. The normalized spacial score (nSPS) is 22.8. The zero-order chi connectivity index (χ0) is 15.7.